The molecule has 0 bridgehead atoms. The van der Waals surface area contributed by atoms with E-state index in [2.05, 4.69) is 0 Å². The standard InChI is InChI=1S/C8H8Cl2OS/c1-12(11)5-6-2-3-7(9)8(10)4-6/h2-4H,5H2,1H3. The molecule has 0 saturated carbocycles. The molecule has 1 rings (SSSR count). The van der Waals surface area contributed by atoms with E-state index in [1.807, 2.05) is 6.07 Å². The average Bonchev–Trinajstić information content (AvgIpc) is 1.96. The maximum Gasteiger partial charge on any atom is 0.0595 e. The van der Waals surface area contributed by atoms with Crippen LogP contribution in [0.15, 0.2) is 18.2 Å². The molecule has 0 aromatic heterocycles. The zero-order chi connectivity index (χ0) is 9.14. The van der Waals surface area contributed by atoms with Crippen molar-refractivity contribution in [2.75, 3.05) is 6.26 Å². The predicted octanol–water partition coefficient (Wildman–Crippen LogP) is 2.87. The van der Waals surface area contributed by atoms with E-state index in [4.69, 9.17) is 23.2 Å². The average molecular weight is 223 g/mol. The van der Waals surface area contributed by atoms with Crippen molar-refractivity contribution in [3.05, 3.63) is 33.8 Å². The molecule has 66 valence electrons. The van der Waals surface area contributed by atoms with Crippen LogP contribution in [0.1, 0.15) is 5.56 Å². The maximum absolute atomic E-state index is 10.8. The van der Waals surface area contributed by atoms with E-state index in [1.165, 1.54) is 0 Å². The molecule has 1 atom stereocenters. The lowest BCUT2D eigenvalue weighted by atomic mass is 10.2. The van der Waals surface area contributed by atoms with Gasteiger partial charge >= 0.3 is 0 Å². The van der Waals surface area contributed by atoms with Gasteiger partial charge in [0.05, 0.1) is 10.0 Å². The summed E-state index contributed by atoms with van der Waals surface area (Å²) in [7, 11) is -0.833. The van der Waals surface area contributed by atoms with E-state index in [0.29, 0.717) is 15.8 Å². The van der Waals surface area contributed by atoms with Gasteiger partial charge in [-0.25, -0.2) is 0 Å². The predicted molar refractivity (Wildman–Crippen MR) is 54.2 cm³/mol. The fourth-order valence-electron chi connectivity index (χ4n) is 0.864. The fraction of sp³-hybridized carbons (Fsp3) is 0.250. The van der Waals surface area contributed by atoms with E-state index in [0.717, 1.165) is 5.56 Å². The second kappa shape index (κ2) is 4.26. The van der Waals surface area contributed by atoms with E-state index < -0.39 is 10.8 Å². The molecule has 1 aromatic carbocycles. The third-order valence-corrected chi connectivity index (χ3v) is 2.83. The summed E-state index contributed by atoms with van der Waals surface area (Å²) in [6.07, 6.45) is 1.66. The van der Waals surface area contributed by atoms with Gasteiger partial charge in [-0.1, -0.05) is 29.3 Å². The molecule has 0 radical (unpaired) electrons. The summed E-state index contributed by atoms with van der Waals surface area (Å²) in [6.45, 7) is 0. The Morgan fingerprint density at radius 2 is 2.00 bits per heavy atom. The monoisotopic (exact) mass is 222 g/mol. The highest BCUT2D eigenvalue weighted by Gasteiger charge is 2.00. The van der Waals surface area contributed by atoms with Crippen LogP contribution in [0.4, 0.5) is 0 Å². The van der Waals surface area contributed by atoms with Crippen molar-refractivity contribution in [1.82, 2.24) is 0 Å². The minimum atomic E-state index is -0.833. The molecule has 12 heavy (non-hydrogen) atoms. The van der Waals surface area contributed by atoms with E-state index in [1.54, 1.807) is 18.4 Å². The van der Waals surface area contributed by atoms with E-state index in [9.17, 15) is 4.21 Å². The first-order valence-corrected chi connectivity index (χ1v) is 5.82. The largest absolute Gasteiger partial charge is 0.260 e. The fourth-order valence-corrected chi connectivity index (χ4v) is 1.83. The van der Waals surface area contributed by atoms with Crippen LogP contribution in [0.3, 0.4) is 0 Å². The van der Waals surface area contributed by atoms with Gasteiger partial charge < -0.3 is 0 Å². The van der Waals surface area contributed by atoms with Gasteiger partial charge in [-0.05, 0) is 17.7 Å². The van der Waals surface area contributed by atoms with Crippen LogP contribution in [0.5, 0.6) is 0 Å². The van der Waals surface area contributed by atoms with Gasteiger partial charge in [0.25, 0.3) is 0 Å². The van der Waals surface area contributed by atoms with Crippen LogP contribution in [0, 0.1) is 0 Å². The Balaban J connectivity index is 2.89. The summed E-state index contributed by atoms with van der Waals surface area (Å²) in [4.78, 5) is 0. The Morgan fingerprint density at radius 1 is 1.33 bits per heavy atom. The topological polar surface area (TPSA) is 17.1 Å². The molecule has 0 aliphatic rings. The molecule has 0 N–H and O–H groups in total. The van der Waals surface area contributed by atoms with Crippen LogP contribution in [-0.4, -0.2) is 10.5 Å². The first-order chi connectivity index (χ1) is 5.59. The van der Waals surface area contributed by atoms with Crippen molar-refractivity contribution < 1.29 is 4.21 Å². The van der Waals surface area contributed by atoms with E-state index in [-0.39, 0.29) is 0 Å². The molecule has 1 nitrogen and oxygen atoms in total. The molecule has 0 fully saturated rings. The zero-order valence-corrected chi connectivity index (χ0v) is 8.84. The maximum atomic E-state index is 10.8. The van der Waals surface area contributed by atoms with Gasteiger partial charge in [0.2, 0.25) is 0 Å². The van der Waals surface area contributed by atoms with Gasteiger partial charge in [-0.15, -0.1) is 0 Å². The third kappa shape index (κ3) is 2.77. The Labute approximate surface area is 84.1 Å². The first-order valence-electron chi connectivity index (χ1n) is 3.33. The summed E-state index contributed by atoms with van der Waals surface area (Å²) in [5, 5.41) is 1.04. The molecule has 4 heteroatoms. The summed E-state index contributed by atoms with van der Waals surface area (Å²) in [6, 6.07) is 5.28. The van der Waals surface area contributed by atoms with Crippen LogP contribution >= 0.6 is 23.2 Å². The SMILES string of the molecule is CS(=O)Cc1ccc(Cl)c(Cl)c1. The van der Waals surface area contributed by atoms with Gasteiger partial charge in [0, 0.05) is 22.8 Å². The first kappa shape index (κ1) is 10.0. The lowest BCUT2D eigenvalue weighted by molar-refractivity contribution is 0.686. The zero-order valence-electron chi connectivity index (χ0n) is 6.51. The Bertz CT molecular complexity index is 312. The molecular formula is C8H8Cl2OS. The van der Waals surface area contributed by atoms with Crippen LogP contribution in [0.25, 0.3) is 0 Å². The summed E-state index contributed by atoms with van der Waals surface area (Å²) >= 11 is 11.5. The Morgan fingerprint density at radius 3 is 2.50 bits per heavy atom. The second-order valence-corrected chi connectivity index (χ2v) is 4.72. The highest BCUT2D eigenvalue weighted by molar-refractivity contribution is 7.83. The van der Waals surface area contributed by atoms with Crippen LogP contribution < -0.4 is 0 Å². The van der Waals surface area contributed by atoms with Crippen LogP contribution in [-0.2, 0) is 16.6 Å². The molecule has 0 spiro atoms. The molecule has 0 amide bonds. The summed E-state index contributed by atoms with van der Waals surface area (Å²) in [5.41, 5.74) is 0.949. The number of hydrogen-bond acceptors (Lipinski definition) is 1. The van der Waals surface area contributed by atoms with Gasteiger partial charge in [0.1, 0.15) is 0 Å². The van der Waals surface area contributed by atoms with Gasteiger partial charge in [0.15, 0.2) is 0 Å². The molecule has 0 aliphatic heterocycles. The van der Waals surface area contributed by atoms with Crippen LogP contribution in [0.2, 0.25) is 10.0 Å². The highest BCUT2D eigenvalue weighted by atomic mass is 35.5. The minimum absolute atomic E-state index is 0.514. The molecular weight excluding hydrogens is 215 g/mol. The minimum Gasteiger partial charge on any atom is -0.260 e. The second-order valence-electron chi connectivity index (χ2n) is 2.47. The molecule has 1 aromatic rings. The quantitative estimate of drug-likeness (QED) is 0.753. The molecule has 0 saturated heterocycles. The lowest BCUT2D eigenvalue weighted by Crippen LogP contribution is -1.91. The van der Waals surface area contributed by atoms with Gasteiger partial charge in [-0.2, -0.15) is 0 Å². The normalized spacial score (nSPS) is 12.9. The van der Waals surface area contributed by atoms with Crippen molar-refractivity contribution in [3.63, 3.8) is 0 Å². The Hall–Kier alpha value is -0.0500. The van der Waals surface area contributed by atoms with Gasteiger partial charge in [-0.3, -0.25) is 4.21 Å². The summed E-state index contributed by atoms with van der Waals surface area (Å²) < 4.78 is 10.8. The van der Waals surface area contributed by atoms with E-state index >= 15 is 0 Å². The summed E-state index contributed by atoms with van der Waals surface area (Å²) in [5.74, 6) is 0.525. The van der Waals surface area contributed by atoms with Crippen molar-refractivity contribution in [2.24, 2.45) is 0 Å². The van der Waals surface area contributed by atoms with Crippen molar-refractivity contribution in [3.8, 4) is 0 Å². The lowest BCUT2D eigenvalue weighted by Gasteiger charge is -1.99. The number of rotatable bonds is 2. The Kier molecular flexibility index (Phi) is 3.56. The highest BCUT2D eigenvalue weighted by Crippen LogP contribution is 2.22. The van der Waals surface area contributed by atoms with Crippen molar-refractivity contribution >= 4 is 34.0 Å². The number of hydrogen-bond donors (Lipinski definition) is 0. The smallest absolute Gasteiger partial charge is 0.0595 e. The number of halogens is 2. The molecule has 0 heterocycles. The van der Waals surface area contributed by atoms with Crippen molar-refractivity contribution in [2.45, 2.75) is 5.75 Å². The molecule has 0 aliphatic carbocycles. The van der Waals surface area contributed by atoms with Crippen molar-refractivity contribution in [1.29, 1.82) is 0 Å². The molecule has 1 unspecified atom stereocenters. The number of benzene rings is 1. The third-order valence-electron chi connectivity index (χ3n) is 1.35.